The van der Waals surface area contributed by atoms with E-state index in [0.29, 0.717) is 11.3 Å². The molecule has 0 N–H and O–H groups in total. The highest BCUT2D eigenvalue weighted by atomic mass is 32.1. The number of carbonyl (C=O) groups excluding carboxylic acids is 1. The molecule has 1 aromatic heterocycles. The first-order valence-corrected chi connectivity index (χ1v) is 5.23. The van der Waals surface area contributed by atoms with Crippen molar-refractivity contribution in [3.8, 4) is 17.4 Å². The van der Waals surface area contributed by atoms with Gasteiger partial charge in [0.2, 0.25) is 0 Å². The molecular weight excluding hydrogens is 230 g/mol. The first kappa shape index (κ1) is 12.2. The Kier molecular flexibility index (Phi) is 4.03. The van der Waals surface area contributed by atoms with Crippen LogP contribution < -0.4 is 4.74 Å². The quantitative estimate of drug-likeness (QED) is 0.260. The largest absolute Gasteiger partial charge is 0.478 e. The monoisotopic (exact) mass is 239 g/mol. The van der Waals surface area contributed by atoms with Gasteiger partial charge in [-0.3, -0.25) is 14.9 Å². The minimum absolute atomic E-state index is 0.130. The van der Waals surface area contributed by atoms with Crippen molar-refractivity contribution in [3.63, 3.8) is 0 Å². The molecular formula is C10H9NO4S. The van der Waals surface area contributed by atoms with Gasteiger partial charge in [0.25, 0.3) is 5.06 Å². The number of nitrogens with zero attached hydrogens (tertiary/aromatic N) is 1. The minimum Gasteiger partial charge on any atom is -0.478 e. The van der Waals surface area contributed by atoms with Gasteiger partial charge in [0.15, 0.2) is 5.78 Å². The molecule has 0 aliphatic heterocycles. The van der Waals surface area contributed by atoms with E-state index >= 15 is 0 Å². The van der Waals surface area contributed by atoms with Crippen molar-refractivity contribution in [2.75, 3.05) is 6.61 Å². The fraction of sp³-hybridized carbons (Fsp3) is 0.300. The van der Waals surface area contributed by atoms with Crippen molar-refractivity contribution in [1.82, 2.24) is 0 Å². The maximum absolute atomic E-state index is 11.1. The molecule has 5 nitrogen and oxygen atoms in total. The molecule has 0 saturated heterocycles. The van der Waals surface area contributed by atoms with E-state index in [4.69, 9.17) is 11.2 Å². The van der Waals surface area contributed by atoms with Gasteiger partial charge in [-0.2, -0.15) is 0 Å². The molecule has 0 fully saturated rings. The first-order valence-electron chi connectivity index (χ1n) is 4.41. The molecule has 16 heavy (non-hydrogen) atoms. The Labute approximate surface area is 96.2 Å². The molecule has 0 aromatic carbocycles. The molecule has 0 unspecified atom stereocenters. The smallest absolute Gasteiger partial charge is 0.323 e. The minimum atomic E-state index is -0.575. The maximum atomic E-state index is 11.1. The number of thiophene rings is 1. The van der Waals surface area contributed by atoms with Crippen LogP contribution in [0, 0.1) is 22.5 Å². The number of nitro groups is 1. The van der Waals surface area contributed by atoms with Gasteiger partial charge in [-0.25, -0.2) is 0 Å². The number of rotatable bonds is 5. The zero-order valence-electron chi connectivity index (χ0n) is 8.56. The van der Waals surface area contributed by atoms with Crippen LogP contribution in [-0.4, -0.2) is 17.3 Å². The summed E-state index contributed by atoms with van der Waals surface area (Å²) in [6, 6.07) is 1.22. The van der Waals surface area contributed by atoms with E-state index in [0.717, 1.165) is 11.3 Å². The summed E-state index contributed by atoms with van der Waals surface area (Å²) in [6.07, 6.45) is 5.39. The van der Waals surface area contributed by atoms with E-state index in [1.165, 1.54) is 13.0 Å². The molecule has 0 radical (unpaired) electrons. The van der Waals surface area contributed by atoms with Crippen LogP contribution >= 0.6 is 11.3 Å². The van der Waals surface area contributed by atoms with Gasteiger partial charge < -0.3 is 4.74 Å². The van der Waals surface area contributed by atoms with E-state index in [2.05, 4.69) is 5.92 Å². The normalized spacial score (nSPS) is 9.50. The number of hydrogen-bond acceptors (Lipinski definition) is 5. The van der Waals surface area contributed by atoms with Gasteiger partial charge >= 0.3 is 5.69 Å². The molecule has 0 spiro atoms. The Morgan fingerprint density at radius 3 is 2.94 bits per heavy atom. The summed E-state index contributed by atoms with van der Waals surface area (Å²) in [4.78, 5) is 21.5. The second-order valence-electron chi connectivity index (χ2n) is 2.90. The zero-order chi connectivity index (χ0) is 12.1. The number of carbonyl (C=O) groups is 1. The topological polar surface area (TPSA) is 69.4 Å². The standard InChI is InChI=1S/C10H9NO4S/c1-3-4-5-15-10-8(11(13)14)6-9(16-10)7(2)12/h1,6H,4-5H2,2H3. The second-order valence-corrected chi connectivity index (χ2v) is 3.91. The number of ketones is 1. The highest BCUT2D eigenvalue weighted by Gasteiger charge is 2.22. The van der Waals surface area contributed by atoms with Gasteiger partial charge in [-0.15, -0.1) is 12.3 Å². The molecule has 0 bridgehead atoms. The summed E-state index contributed by atoms with van der Waals surface area (Å²) in [6.45, 7) is 1.55. The molecule has 0 aliphatic rings. The van der Waals surface area contributed by atoms with Crippen molar-refractivity contribution in [2.45, 2.75) is 13.3 Å². The highest BCUT2D eigenvalue weighted by Crippen LogP contribution is 2.37. The van der Waals surface area contributed by atoms with E-state index in [1.807, 2.05) is 0 Å². The Morgan fingerprint density at radius 1 is 1.75 bits per heavy atom. The van der Waals surface area contributed by atoms with Crippen LogP contribution in [0.5, 0.6) is 5.06 Å². The lowest BCUT2D eigenvalue weighted by atomic mass is 10.3. The SMILES string of the molecule is C#CCCOc1sc(C(C)=O)cc1[N+](=O)[O-]. The zero-order valence-corrected chi connectivity index (χ0v) is 9.37. The first-order chi connectivity index (χ1) is 7.56. The predicted molar refractivity (Wildman–Crippen MR) is 59.9 cm³/mol. The van der Waals surface area contributed by atoms with Crippen LogP contribution in [0.1, 0.15) is 23.0 Å². The lowest BCUT2D eigenvalue weighted by Crippen LogP contribution is -1.96. The fourth-order valence-corrected chi connectivity index (χ4v) is 1.87. The maximum Gasteiger partial charge on any atom is 0.323 e. The summed E-state index contributed by atoms with van der Waals surface area (Å²) in [5.41, 5.74) is -0.188. The lowest BCUT2D eigenvalue weighted by molar-refractivity contribution is -0.385. The van der Waals surface area contributed by atoms with Crippen LogP contribution in [0.15, 0.2) is 6.07 Å². The van der Waals surface area contributed by atoms with Crippen LogP contribution in [0.25, 0.3) is 0 Å². The van der Waals surface area contributed by atoms with Crippen molar-refractivity contribution < 1.29 is 14.5 Å². The number of hydrogen-bond donors (Lipinski definition) is 0. The average molecular weight is 239 g/mol. The Balaban J connectivity index is 2.92. The van der Waals surface area contributed by atoms with Crippen LogP contribution in [-0.2, 0) is 0 Å². The summed E-state index contributed by atoms with van der Waals surface area (Å²) in [5, 5.41) is 10.8. The van der Waals surface area contributed by atoms with Crippen LogP contribution in [0.3, 0.4) is 0 Å². The van der Waals surface area contributed by atoms with Crippen LogP contribution in [0.4, 0.5) is 5.69 Å². The fourth-order valence-electron chi connectivity index (χ4n) is 0.972. The van der Waals surface area contributed by atoms with Gasteiger partial charge in [0.05, 0.1) is 9.80 Å². The van der Waals surface area contributed by atoms with Crippen molar-refractivity contribution >= 4 is 22.8 Å². The van der Waals surface area contributed by atoms with Gasteiger partial charge in [0, 0.05) is 12.5 Å². The number of Topliss-reactive ketones (excluding diaryl/α,β-unsaturated/α-hetero) is 1. The molecule has 84 valence electrons. The molecule has 0 saturated carbocycles. The summed E-state index contributed by atoms with van der Waals surface area (Å²) in [7, 11) is 0. The van der Waals surface area contributed by atoms with E-state index in [-0.39, 0.29) is 23.1 Å². The second kappa shape index (κ2) is 5.28. The summed E-state index contributed by atoms with van der Waals surface area (Å²) >= 11 is 0.964. The van der Waals surface area contributed by atoms with Crippen molar-refractivity contribution in [2.24, 2.45) is 0 Å². The lowest BCUT2D eigenvalue weighted by Gasteiger charge is -1.98. The Morgan fingerprint density at radius 2 is 2.44 bits per heavy atom. The van der Waals surface area contributed by atoms with Crippen molar-refractivity contribution in [3.05, 3.63) is 21.1 Å². The van der Waals surface area contributed by atoms with Gasteiger partial charge in [0.1, 0.15) is 6.61 Å². The van der Waals surface area contributed by atoms with E-state index < -0.39 is 4.92 Å². The van der Waals surface area contributed by atoms with Crippen LogP contribution in [0.2, 0.25) is 0 Å². The highest BCUT2D eigenvalue weighted by molar-refractivity contribution is 7.16. The third-order valence-electron chi connectivity index (χ3n) is 1.70. The molecule has 0 atom stereocenters. The molecule has 6 heteroatoms. The Bertz CT molecular complexity index is 458. The molecule has 1 rings (SSSR count). The third kappa shape index (κ3) is 2.81. The van der Waals surface area contributed by atoms with Crippen molar-refractivity contribution in [1.29, 1.82) is 0 Å². The van der Waals surface area contributed by atoms with Gasteiger partial charge in [-0.1, -0.05) is 11.3 Å². The third-order valence-corrected chi connectivity index (χ3v) is 2.84. The summed E-state index contributed by atoms with van der Waals surface area (Å²) < 4.78 is 5.15. The van der Waals surface area contributed by atoms with E-state index in [9.17, 15) is 14.9 Å². The Hall–Kier alpha value is -1.87. The predicted octanol–water partition coefficient (Wildman–Crippen LogP) is 2.26. The molecule has 1 heterocycles. The summed E-state index contributed by atoms with van der Waals surface area (Å²) in [5.74, 6) is 2.14. The van der Waals surface area contributed by atoms with E-state index in [1.54, 1.807) is 0 Å². The van der Waals surface area contributed by atoms with Gasteiger partial charge in [-0.05, 0) is 6.92 Å². The molecule has 0 aliphatic carbocycles. The number of ether oxygens (including phenoxy) is 1. The number of terminal acetylenes is 1. The average Bonchev–Trinajstić information content (AvgIpc) is 2.62. The molecule has 0 amide bonds. The molecule has 1 aromatic rings.